The van der Waals surface area contributed by atoms with Crippen LogP contribution in [0.25, 0.3) is 0 Å². The monoisotopic (exact) mass is 233 g/mol. The first-order chi connectivity index (χ1) is 6.18. The maximum absolute atomic E-state index is 11.0. The van der Waals surface area contributed by atoms with Gasteiger partial charge in [0.2, 0.25) is 5.91 Å². The van der Waals surface area contributed by atoms with E-state index in [0.717, 1.165) is 10.6 Å². The number of anilines is 1. The Kier molecular flexibility index (Phi) is 2.41. The normalized spacial score (nSPS) is 15.1. The fraction of sp³-hybridized carbons (Fsp3) is 0.125. The lowest BCUT2D eigenvalue weighted by Gasteiger charge is -2.17. The molecule has 1 amide bonds. The zero-order valence-corrected chi connectivity index (χ0v) is 8.76. The van der Waals surface area contributed by atoms with E-state index in [0.29, 0.717) is 15.8 Å². The van der Waals surface area contributed by atoms with Crippen LogP contribution in [0.1, 0.15) is 0 Å². The standard InChI is InChI=1S/C8H5Cl2NOS/c9-4-1-2-5-8(7(4)10)13-3-6(12)11-5/h1-2H,3H2,(H,11,12). The molecule has 1 aliphatic rings. The van der Waals surface area contributed by atoms with E-state index in [1.54, 1.807) is 12.1 Å². The average Bonchev–Trinajstić information content (AvgIpc) is 2.12. The highest BCUT2D eigenvalue weighted by atomic mass is 35.5. The minimum atomic E-state index is -0.00381. The minimum Gasteiger partial charge on any atom is -0.324 e. The molecule has 0 spiro atoms. The first-order valence-electron chi connectivity index (χ1n) is 3.59. The van der Waals surface area contributed by atoms with Crippen LogP contribution in [0.15, 0.2) is 17.0 Å². The molecule has 0 unspecified atom stereocenters. The fourth-order valence-electron chi connectivity index (χ4n) is 1.10. The van der Waals surface area contributed by atoms with Crippen LogP contribution in [-0.2, 0) is 4.79 Å². The molecular formula is C8H5Cl2NOS. The third kappa shape index (κ3) is 1.64. The molecule has 0 fully saturated rings. The molecule has 1 heterocycles. The number of benzene rings is 1. The fourth-order valence-corrected chi connectivity index (χ4v) is 2.50. The van der Waals surface area contributed by atoms with E-state index in [1.807, 2.05) is 0 Å². The molecule has 0 saturated carbocycles. The molecule has 0 saturated heterocycles. The molecule has 1 aromatic carbocycles. The van der Waals surface area contributed by atoms with Crippen molar-refractivity contribution in [3.05, 3.63) is 22.2 Å². The van der Waals surface area contributed by atoms with Gasteiger partial charge in [0.05, 0.1) is 26.4 Å². The molecule has 2 nitrogen and oxygen atoms in total. The Hall–Kier alpha value is -0.380. The Bertz CT molecular complexity index is 381. The largest absolute Gasteiger partial charge is 0.324 e. The zero-order chi connectivity index (χ0) is 9.42. The summed E-state index contributed by atoms with van der Waals surface area (Å²) >= 11 is 13.2. The molecule has 5 heteroatoms. The van der Waals surface area contributed by atoms with E-state index >= 15 is 0 Å². The van der Waals surface area contributed by atoms with Gasteiger partial charge in [-0.2, -0.15) is 0 Å². The van der Waals surface area contributed by atoms with Gasteiger partial charge in [0.15, 0.2) is 0 Å². The van der Waals surface area contributed by atoms with Crippen molar-refractivity contribution in [3.63, 3.8) is 0 Å². The van der Waals surface area contributed by atoms with Crippen LogP contribution in [-0.4, -0.2) is 11.7 Å². The number of hydrogen-bond donors (Lipinski definition) is 1. The SMILES string of the molecule is O=C1CSc2c(ccc(Cl)c2Cl)N1. The van der Waals surface area contributed by atoms with Gasteiger partial charge in [-0.15, -0.1) is 11.8 Å². The molecule has 0 aliphatic carbocycles. The second-order valence-corrected chi connectivity index (χ2v) is 4.35. The number of nitrogens with one attached hydrogen (secondary N) is 1. The maximum atomic E-state index is 11.0. The molecule has 2 rings (SSSR count). The predicted octanol–water partition coefficient (Wildman–Crippen LogP) is 3.04. The van der Waals surface area contributed by atoms with Crippen LogP contribution in [0.2, 0.25) is 10.0 Å². The molecule has 0 aromatic heterocycles. The van der Waals surface area contributed by atoms with Crippen molar-refractivity contribution in [2.24, 2.45) is 0 Å². The van der Waals surface area contributed by atoms with Gasteiger partial charge in [-0.25, -0.2) is 0 Å². The van der Waals surface area contributed by atoms with Crippen molar-refractivity contribution in [2.45, 2.75) is 4.90 Å². The minimum absolute atomic E-state index is 0.00381. The quantitative estimate of drug-likeness (QED) is 0.747. The van der Waals surface area contributed by atoms with E-state index in [9.17, 15) is 4.79 Å². The van der Waals surface area contributed by atoms with Crippen LogP contribution in [0.4, 0.5) is 5.69 Å². The van der Waals surface area contributed by atoms with Gasteiger partial charge in [-0.1, -0.05) is 23.2 Å². The third-order valence-electron chi connectivity index (χ3n) is 1.67. The Balaban J connectivity index is 2.53. The highest BCUT2D eigenvalue weighted by Crippen LogP contribution is 2.40. The zero-order valence-electron chi connectivity index (χ0n) is 6.43. The summed E-state index contributed by atoms with van der Waals surface area (Å²) in [7, 11) is 0. The molecule has 1 aliphatic heterocycles. The molecule has 0 radical (unpaired) electrons. The van der Waals surface area contributed by atoms with Crippen molar-refractivity contribution in [2.75, 3.05) is 11.1 Å². The first kappa shape index (κ1) is 9.19. The molecule has 0 bridgehead atoms. The van der Waals surface area contributed by atoms with Crippen molar-refractivity contribution >= 4 is 46.6 Å². The Morgan fingerprint density at radius 1 is 1.38 bits per heavy atom. The predicted molar refractivity (Wildman–Crippen MR) is 55.8 cm³/mol. The van der Waals surface area contributed by atoms with Crippen LogP contribution in [0.5, 0.6) is 0 Å². The van der Waals surface area contributed by atoms with Gasteiger partial charge in [-0.3, -0.25) is 4.79 Å². The number of fused-ring (bicyclic) bond motifs is 1. The number of hydrogen-bond acceptors (Lipinski definition) is 2. The number of amides is 1. The number of rotatable bonds is 0. The summed E-state index contributed by atoms with van der Waals surface area (Å²) in [4.78, 5) is 11.9. The molecule has 1 aromatic rings. The van der Waals surface area contributed by atoms with Gasteiger partial charge in [0.1, 0.15) is 0 Å². The number of carbonyl (C=O) groups is 1. The summed E-state index contributed by atoms with van der Waals surface area (Å²) in [5.41, 5.74) is 0.746. The van der Waals surface area contributed by atoms with Crippen LogP contribution < -0.4 is 5.32 Å². The Morgan fingerprint density at radius 3 is 2.92 bits per heavy atom. The molecule has 13 heavy (non-hydrogen) atoms. The summed E-state index contributed by atoms with van der Waals surface area (Å²) in [6.07, 6.45) is 0. The van der Waals surface area contributed by atoms with Gasteiger partial charge < -0.3 is 5.32 Å². The lowest BCUT2D eigenvalue weighted by Crippen LogP contribution is -2.18. The van der Waals surface area contributed by atoms with E-state index in [2.05, 4.69) is 5.32 Å². The van der Waals surface area contributed by atoms with Crippen LogP contribution >= 0.6 is 35.0 Å². The van der Waals surface area contributed by atoms with Crippen LogP contribution in [0.3, 0.4) is 0 Å². The number of halogens is 2. The number of carbonyl (C=O) groups excluding carboxylic acids is 1. The lowest BCUT2D eigenvalue weighted by atomic mass is 10.3. The van der Waals surface area contributed by atoms with E-state index < -0.39 is 0 Å². The molecule has 1 N–H and O–H groups in total. The smallest absolute Gasteiger partial charge is 0.234 e. The second-order valence-electron chi connectivity index (χ2n) is 2.57. The van der Waals surface area contributed by atoms with E-state index in [-0.39, 0.29) is 5.91 Å². The molecular weight excluding hydrogens is 229 g/mol. The summed E-state index contributed by atoms with van der Waals surface area (Å²) in [6.45, 7) is 0. The van der Waals surface area contributed by atoms with Crippen molar-refractivity contribution in [1.82, 2.24) is 0 Å². The topological polar surface area (TPSA) is 29.1 Å². The maximum Gasteiger partial charge on any atom is 0.234 e. The average molecular weight is 234 g/mol. The summed E-state index contributed by atoms with van der Waals surface area (Å²) in [5.74, 6) is 0.392. The van der Waals surface area contributed by atoms with Gasteiger partial charge in [0.25, 0.3) is 0 Å². The van der Waals surface area contributed by atoms with Crippen molar-refractivity contribution < 1.29 is 4.79 Å². The highest BCUT2D eigenvalue weighted by molar-refractivity contribution is 8.00. The summed E-state index contributed by atoms with van der Waals surface area (Å²) < 4.78 is 0. The van der Waals surface area contributed by atoms with Gasteiger partial charge >= 0.3 is 0 Å². The Morgan fingerprint density at radius 2 is 2.15 bits per heavy atom. The summed E-state index contributed by atoms with van der Waals surface area (Å²) in [5, 5.41) is 3.76. The first-order valence-corrected chi connectivity index (χ1v) is 5.33. The van der Waals surface area contributed by atoms with E-state index in [1.165, 1.54) is 11.8 Å². The van der Waals surface area contributed by atoms with Gasteiger partial charge in [0, 0.05) is 0 Å². The van der Waals surface area contributed by atoms with Crippen LogP contribution in [0, 0.1) is 0 Å². The highest BCUT2D eigenvalue weighted by Gasteiger charge is 2.19. The van der Waals surface area contributed by atoms with Crippen molar-refractivity contribution in [1.29, 1.82) is 0 Å². The summed E-state index contributed by atoms with van der Waals surface area (Å²) in [6, 6.07) is 3.43. The Labute approximate surface area is 89.6 Å². The molecule has 0 atom stereocenters. The number of thioether (sulfide) groups is 1. The third-order valence-corrected chi connectivity index (χ3v) is 3.71. The van der Waals surface area contributed by atoms with Crippen molar-refractivity contribution in [3.8, 4) is 0 Å². The molecule has 68 valence electrons. The van der Waals surface area contributed by atoms with Gasteiger partial charge in [-0.05, 0) is 12.1 Å². The lowest BCUT2D eigenvalue weighted by molar-refractivity contribution is -0.113. The van der Waals surface area contributed by atoms with E-state index in [4.69, 9.17) is 23.2 Å². The second kappa shape index (κ2) is 3.40.